The zero-order valence-corrected chi connectivity index (χ0v) is 10.3. The monoisotopic (exact) mass is 201 g/mol. The van der Waals surface area contributed by atoms with Crippen molar-refractivity contribution in [1.82, 2.24) is 5.32 Å². The third kappa shape index (κ3) is 7.34. The maximum Gasteiger partial charge on any atom is 0.0558 e. The van der Waals surface area contributed by atoms with Crippen LogP contribution >= 0.6 is 0 Å². The first-order valence-electron chi connectivity index (χ1n) is 5.94. The van der Waals surface area contributed by atoms with Gasteiger partial charge in [-0.1, -0.05) is 32.6 Å². The Bertz CT molecular complexity index is 117. The van der Waals surface area contributed by atoms with E-state index in [9.17, 15) is 0 Å². The van der Waals surface area contributed by atoms with Crippen LogP contribution in [0.1, 0.15) is 52.4 Å². The van der Waals surface area contributed by atoms with Crippen molar-refractivity contribution in [2.45, 2.75) is 64.5 Å². The van der Waals surface area contributed by atoms with Gasteiger partial charge in [-0.25, -0.2) is 0 Å². The lowest BCUT2D eigenvalue weighted by Gasteiger charge is -2.19. The van der Waals surface area contributed by atoms with Crippen molar-refractivity contribution >= 4 is 0 Å². The van der Waals surface area contributed by atoms with Gasteiger partial charge in [0, 0.05) is 13.2 Å². The van der Waals surface area contributed by atoms with Gasteiger partial charge < -0.3 is 10.1 Å². The van der Waals surface area contributed by atoms with Gasteiger partial charge in [-0.15, -0.1) is 0 Å². The fourth-order valence-electron chi connectivity index (χ4n) is 1.69. The van der Waals surface area contributed by atoms with E-state index in [1.165, 1.54) is 32.1 Å². The van der Waals surface area contributed by atoms with Gasteiger partial charge in [0.05, 0.1) is 6.10 Å². The van der Waals surface area contributed by atoms with Gasteiger partial charge in [0.1, 0.15) is 0 Å². The Morgan fingerprint density at radius 1 is 1.21 bits per heavy atom. The van der Waals surface area contributed by atoms with E-state index >= 15 is 0 Å². The number of unbranched alkanes of at least 4 members (excludes halogenated alkanes) is 3. The summed E-state index contributed by atoms with van der Waals surface area (Å²) >= 11 is 0. The Kier molecular flexibility index (Phi) is 9.42. The molecule has 0 spiro atoms. The summed E-state index contributed by atoms with van der Waals surface area (Å²) in [6, 6.07) is 0.627. The fourth-order valence-corrected chi connectivity index (χ4v) is 1.69. The number of rotatable bonds is 9. The van der Waals surface area contributed by atoms with Crippen LogP contribution < -0.4 is 5.32 Å². The first-order chi connectivity index (χ1) is 6.74. The van der Waals surface area contributed by atoms with E-state index in [-0.39, 0.29) is 0 Å². The van der Waals surface area contributed by atoms with Crippen molar-refractivity contribution in [3.8, 4) is 0 Å². The van der Waals surface area contributed by atoms with Crippen molar-refractivity contribution in [2.75, 3.05) is 14.2 Å². The van der Waals surface area contributed by atoms with Crippen LogP contribution in [0.2, 0.25) is 0 Å². The molecule has 0 aromatic rings. The summed E-state index contributed by atoms with van der Waals surface area (Å²) < 4.78 is 5.27. The van der Waals surface area contributed by atoms with Gasteiger partial charge >= 0.3 is 0 Å². The molecular weight excluding hydrogens is 174 g/mol. The smallest absolute Gasteiger partial charge is 0.0558 e. The van der Waals surface area contributed by atoms with Gasteiger partial charge in [-0.05, 0) is 26.8 Å². The molecule has 14 heavy (non-hydrogen) atoms. The lowest BCUT2D eigenvalue weighted by Crippen LogP contribution is -2.29. The molecule has 0 aliphatic heterocycles. The van der Waals surface area contributed by atoms with Crippen molar-refractivity contribution < 1.29 is 4.74 Å². The molecule has 0 aliphatic carbocycles. The zero-order valence-electron chi connectivity index (χ0n) is 10.3. The molecule has 0 saturated carbocycles. The van der Waals surface area contributed by atoms with E-state index in [0.717, 1.165) is 6.42 Å². The minimum atomic E-state index is 0.374. The second-order valence-corrected chi connectivity index (χ2v) is 4.12. The minimum Gasteiger partial charge on any atom is -0.382 e. The second-order valence-electron chi connectivity index (χ2n) is 4.12. The van der Waals surface area contributed by atoms with Gasteiger partial charge in [0.2, 0.25) is 0 Å². The van der Waals surface area contributed by atoms with Gasteiger partial charge in [-0.2, -0.15) is 0 Å². The first-order valence-corrected chi connectivity index (χ1v) is 5.94. The van der Waals surface area contributed by atoms with Crippen molar-refractivity contribution in [2.24, 2.45) is 0 Å². The molecule has 0 radical (unpaired) electrons. The average Bonchev–Trinajstić information content (AvgIpc) is 2.22. The van der Waals surface area contributed by atoms with Crippen LogP contribution in [0.5, 0.6) is 0 Å². The molecule has 2 atom stereocenters. The SMILES string of the molecule is CCCCCCC(CC(C)OC)NC. The molecule has 0 fully saturated rings. The van der Waals surface area contributed by atoms with E-state index in [4.69, 9.17) is 4.74 Å². The molecule has 2 nitrogen and oxygen atoms in total. The molecule has 2 heteroatoms. The molecule has 1 N–H and O–H groups in total. The maximum atomic E-state index is 5.27. The van der Waals surface area contributed by atoms with Crippen LogP contribution in [0.3, 0.4) is 0 Å². The fraction of sp³-hybridized carbons (Fsp3) is 1.00. The quantitative estimate of drug-likeness (QED) is 0.579. The van der Waals surface area contributed by atoms with E-state index < -0.39 is 0 Å². The van der Waals surface area contributed by atoms with Crippen LogP contribution in [0.15, 0.2) is 0 Å². The molecule has 0 saturated heterocycles. The predicted octanol–water partition coefficient (Wildman–Crippen LogP) is 2.97. The summed E-state index contributed by atoms with van der Waals surface area (Å²) in [6.45, 7) is 4.39. The molecule has 0 heterocycles. The Labute approximate surface area is 89.4 Å². The highest BCUT2D eigenvalue weighted by atomic mass is 16.5. The molecule has 0 amide bonds. The molecule has 0 aromatic heterocycles. The minimum absolute atomic E-state index is 0.374. The Morgan fingerprint density at radius 3 is 2.43 bits per heavy atom. The first kappa shape index (κ1) is 13.9. The van der Waals surface area contributed by atoms with Gasteiger partial charge in [0.25, 0.3) is 0 Å². The highest BCUT2D eigenvalue weighted by Crippen LogP contribution is 2.10. The highest BCUT2D eigenvalue weighted by molar-refractivity contribution is 4.68. The van der Waals surface area contributed by atoms with E-state index in [2.05, 4.69) is 19.2 Å². The Hall–Kier alpha value is -0.0800. The van der Waals surface area contributed by atoms with Crippen molar-refractivity contribution in [3.05, 3.63) is 0 Å². The Balaban J connectivity index is 3.47. The lowest BCUT2D eigenvalue weighted by molar-refractivity contribution is 0.0999. The number of nitrogens with one attached hydrogen (secondary N) is 1. The molecule has 86 valence electrons. The zero-order chi connectivity index (χ0) is 10.8. The summed E-state index contributed by atoms with van der Waals surface area (Å²) in [7, 11) is 3.83. The maximum absolute atomic E-state index is 5.27. The van der Waals surface area contributed by atoms with Gasteiger partial charge in [-0.3, -0.25) is 0 Å². The summed E-state index contributed by atoms with van der Waals surface area (Å²) in [5.74, 6) is 0. The Morgan fingerprint density at radius 2 is 1.93 bits per heavy atom. The topological polar surface area (TPSA) is 21.3 Å². The molecule has 0 rings (SSSR count). The molecule has 2 unspecified atom stereocenters. The molecule has 0 aliphatic rings. The van der Waals surface area contributed by atoms with Crippen LogP contribution in [-0.4, -0.2) is 26.3 Å². The number of ether oxygens (including phenoxy) is 1. The summed E-state index contributed by atoms with van der Waals surface area (Å²) in [5, 5.41) is 3.36. The second kappa shape index (κ2) is 9.47. The summed E-state index contributed by atoms with van der Waals surface area (Å²) in [6.07, 6.45) is 8.18. The molecule has 0 bridgehead atoms. The molecule has 0 aromatic carbocycles. The summed E-state index contributed by atoms with van der Waals surface area (Å²) in [4.78, 5) is 0. The van der Waals surface area contributed by atoms with Crippen LogP contribution in [0.25, 0.3) is 0 Å². The van der Waals surface area contributed by atoms with Crippen LogP contribution in [-0.2, 0) is 4.74 Å². The largest absolute Gasteiger partial charge is 0.382 e. The highest BCUT2D eigenvalue weighted by Gasteiger charge is 2.09. The van der Waals surface area contributed by atoms with Gasteiger partial charge in [0.15, 0.2) is 0 Å². The van der Waals surface area contributed by atoms with Crippen LogP contribution in [0.4, 0.5) is 0 Å². The lowest BCUT2D eigenvalue weighted by atomic mass is 10.0. The number of hydrogen-bond donors (Lipinski definition) is 1. The predicted molar refractivity (Wildman–Crippen MR) is 62.7 cm³/mol. The van der Waals surface area contributed by atoms with E-state index in [1.807, 2.05) is 7.05 Å². The van der Waals surface area contributed by atoms with Crippen molar-refractivity contribution in [3.63, 3.8) is 0 Å². The van der Waals surface area contributed by atoms with E-state index in [1.54, 1.807) is 7.11 Å². The molecular formula is C12H27NO. The van der Waals surface area contributed by atoms with Crippen LogP contribution in [0, 0.1) is 0 Å². The summed E-state index contributed by atoms with van der Waals surface area (Å²) in [5.41, 5.74) is 0. The average molecular weight is 201 g/mol. The standard InChI is InChI=1S/C12H27NO/c1-5-6-7-8-9-12(13-3)10-11(2)14-4/h11-13H,5-10H2,1-4H3. The normalized spacial score (nSPS) is 15.4. The van der Waals surface area contributed by atoms with E-state index in [0.29, 0.717) is 12.1 Å². The number of methoxy groups -OCH3 is 1. The third-order valence-corrected chi connectivity index (χ3v) is 2.83. The number of hydrogen-bond acceptors (Lipinski definition) is 2. The van der Waals surface area contributed by atoms with Crippen molar-refractivity contribution in [1.29, 1.82) is 0 Å². The third-order valence-electron chi connectivity index (χ3n) is 2.83.